The van der Waals surface area contributed by atoms with Crippen LogP contribution in [-0.2, 0) is 9.59 Å². The predicted molar refractivity (Wildman–Crippen MR) is 78.5 cm³/mol. The van der Waals surface area contributed by atoms with Crippen molar-refractivity contribution in [1.82, 2.24) is 4.90 Å². The van der Waals surface area contributed by atoms with Gasteiger partial charge in [0.1, 0.15) is 11.4 Å². The van der Waals surface area contributed by atoms with Crippen LogP contribution in [0, 0.1) is 0 Å². The van der Waals surface area contributed by atoms with Crippen LogP contribution in [0.3, 0.4) is 0 Å². The summed E-state index contributed by atoms with van der Waals surface area (Å²) in [5.41, 5.74) is 0.256. The van der Waals surface area contributed by atoms with E-state index < -0.39 is 24.6 Å². The minimum absolute atomic E-state index is 0.0338. The van der Waals surface area contributed by atoms with Gasteiger partial charge < -0.3 is 15.2 Å². The fourth-order valence-corrected chi connectivity index (χ4v) is 2.16. The van der Waals surface area contributed by atoms with Crippen molar-refractivity contribution >= 4 is 29.1 Å². The highest BCUT2D eigenvalue weighted by molar-refractivity contribution is 6.32. The lowest BCUT2D eigenvalue weighted by molar-refractivity contribution is -0.153. The van der Waals surface area contributed by atoms with Crippen LogP contribution in [0.25, 0.3) is 0 Å². The van der Waals surface area contributed by atoms with Gasteiger partial charge in [-0.05, 0) is 18.2 Å². The smallest absolute Gasteiger partial charge is 0.422 e. The molecule has 0 saturated heterocycles. The lowest BCUT2D eigenvalue weighted by Crippen LogP contribution is -2.34. The maximum atomic E-state index is 12.1. The summed E-state index contributed by atoms with van der Waals surface area (Å²) in [5, 5.41) is 11.4. The fourth-order valence-electron chi connectivity index (χ4n) is 1.92. The third kappa shape index (κ3) is 4.39. The van der Waals surface area contributed by atoms with Gasteiger partial charge in [0, 0.05) is 11.8 Å². The summed E-state index contributed by atoms with van der Waals surface area (Å²) in [6, 6.07) is 3.83. The van der Waals surface area contributed by atoms with E-state index in [1.807, 2.05) is 0 Å². The van der Waals surface area contributed by atoms with Gasteiger partial charge in [0.2, 0.25) is 0 Å². The number of nitrogens with zero attached hydrogens (tertiary/aromatic N) is 1. The van der Waals surface area contributed by atoms with E-state index in [9.17, 15) is 22.8 Å². The van der Waals surface area contributed by atoms with E-state index in [1.54, 1.807) is 0 Å². The Morgan fingerprint density at radius 1 is 1.29 bits per heavy atom. The second-order valence-corrected chi connectivity index (χ2v) is 5.16. The number of β-amino-alcohol motifs (C(OH)–C–C–N with tert-alkyl or cyclic N) is 1. The third-order valence-corrected chi connectivity index (χ3v) is 3.23. The number of anilines is 1. The summed E-state index contributed by atoms with van der Waals surface area (Å²) < 4.78 is 40.9. The van der Waals surface area contributed by atoms with Gasteiger partial charge in [0.25, 0.3) is 11.8 Å². The first-order valence-corrected chi connectivity index (χ1v) is 7.03. The SMILES string of the molecule is O=C1C=C(Nc2ccc(OCC(F)(F)F)c(Cl)c2)C(=O)N1CCO. The van der Waals surface area contributed by atoms with E-state index in [4.69, 9.17) is 16.7 Å². The van der Waals surface area contributed by atoms with E-state index in [2.05, 4.69) is 10.1 Å². The normalized spacial score (nSPS) is 14.9. The molecule has 0 saturated carbocycles. The van der Waals surface area contributed by atoms with Crippen LogP contribution in [-0.4, -0.2) is 47.8 Å². The lowest BCUT2D eigenvalue weighted by atomic mass is 10.3. The number of benzene rings is 1. The van der Waals surface area contributed by atoms with Crippen molar-refractivity contribution in [3.8, 4) is 5.75 Å². The molecular weight excluding hydrogens is 353 g/mol. The lowest BCUT2D eigenvalue weighted by Gasteiger charge is -2.14. The molecule has 0 aliphatic carbocycles. The molecule has 1 aliphatic rings. The molecule has 0 spiro atoms. The minimum atomic E-state index is -4.49. The summed E-state index contributed by atoms with van der Waals surface area (Å²) in [5.74, 6) is -1.36. The van der Waals surface area contributed by atoms with Crippen molar-refractivity contribution in [2.45, 2.75) is 6.18 Å². The van der Waals surface area contributed by atoms with Crippen LogP contribution in [0.15, 0.2) is 30.0 Å². The number of ether oxygens (including phenoxy) is 1. The monoisotopic (exact) mass is 364 g/mol. The molecule has 1 aromatic carbocycles. The topological polar surface area (TPSA) is 78.9 Å². The van der Waals surface area contributed by atoms with Gasteiger partial charge in [0.15, 0.2) is 6.61 Å². The molecule has 1 aliphatic heterocycles. The van der Waals surface area contributed by atoms with Gasteiger partial charge in [-0.3, -0.25) is 14.5 Å². The molecule has 2 rings (SSSR count). The largest absolute Gasteiger partial charge is 0.483 e. The van der Waals surface area contributed by atoms with E-state index in [-0.39, 0.29) is 35.3 Å². The van der Waals surface area contributed by atoms with Crippen molar-refractivity contribution in [2.24, 2.45) is 0 Å². The number of aliphatic hydroxyl groups is 1. The molecular formula is C14H12ClF3N2O4. The summed E-state index contributed by atoms with van der Waals surface area (Å²) in [4.78, 5) is 24.4. The van der Waals surface area contributed by atoms with Crippen molar-refractivity contribution < 1.29 is 32.6 Å². The number of carbonyl (C=O) groups excluding carboxylic acids is 2. The molecule has 2 amide bonds. The summed E-state index contributed by atoms with van der Waals surface area (Å²) >= 11 is 5.84. The second-order valence-electron chi connectivity index (χ2n) is 4.75. The van der Waals surface area contributed by atoms with Gasteiger partial charge >= 0.3 is 6.18 Å². The number of imide groups is 1. The Kier molecular flexibility index (Phi) is 5.35. The molecule has 0 unspecified atom stereocenters. The molecule has 0 aromatic heterocycles. The van der Waals surface area contributed by atoms with Crippen LogP contribution in [0.5, 0.6) is 5.75 Å². The fraction of sp³-hybridized carbons (Fsp3) is 0.286. The van der Waals surface area contributed by atoms with Crippen molar-refractivity contribution in [3.63, 3.8) is 0 Å². The van der Waals surface area contributed by atoms with Gasteiger partial charge in [-0.1, -0.05) is 11.6 Å². The maximum Gasteiger partial charge on any atom is 0.422 e. The second kappa shape index (κ2) is 7.10. The van der Waals surface area contributed by atoms with E-state index in [1.165, 1.54) is 18.2 Å². The van der Waals surface area contributed by atoms with Gasteiger partial charge in [0.05, 0.1) is 18.2 Å². The predicted octanol–water partition coefficient (Wildman–Crippen LogP) is 1.94. The molecule has 1 heterocycles. The molecule has 0 fully saturated rings. The van der Waals surface area contributed by atoms with E-state index in [0.29, 0.717) is 0 Å². The molecule has 130 valence electrons. The third-order valence-electron chi connectivity index (χ3n) is 2.94. The van der Waals surface area contributed by atoms with E-state index >= 15 is 0 Å². The zero-order chi connectivity index (χ0) is 17.9. The number of amides is 2. The Morgan fingerprint density at radius 2 is 2.00 bits per heavy atom. The summed E-state index contributed by atoms with van der Waals surface area (Å²) in [6.45, 7) is -1.98. The summed E-state index contributed by atoms with van der Waals surface area (Å²) in [7, 11) is 0. The number of halogens is 4. The average Bonchev–Trinajstić information content (AvgIpc) is 2.73. The zero-order valence-corrected chi connectivity index (χ0v) is 12.8. The minimum Gasteiger partial charge on any atom is -0.483 e. The van der Waals surface area contributed by atoms with Crippen LogP contribution >= 0.6 is 11.6 Å². The Morgan fingerprint density at radius 3 is 2.58 bits per heavy atom. The molecule has 24 heavy (non-hydrogen) atoms. The highest BCUT2D eigenvalue weighted by Crippen LogP contribution is 2.30. The Labute approximate surface area is 139 Å². The van der Waals surface area contributed by atoms with Crippen molar-refractivity contribution in [1.29, 1.82) is 0 Å². The number of nitrogens with one attached hydrogen (secondary N) is 1. The Bertz CT molecular complexity index is 691. The maximum absolute atomic E-state index is 12.1. The van der Waals surface area contributed by atoms with Crippen LogP contribution in [0.2, 0.25) is 5.02 Å². The molecule has 2 N–H and O–H groups in total. The van der Waals surface area contributed by atoms with Gasteiger partial charge in [-0.15, -0.1) is 0 Å². The number of aliphatic hydroxyl groups excluding tert-OH is 1. The molecule has 0 radical (unpaired) electrons. The quantitative estimate of drug-likeness (QED) is 0.754. The van der Waals surface area contributed by atoms with Gasteiger partial charge in [-0.2, -0.15) is 13.2 Å². The molecule has 0 atom stereocenters. The van der Waals surface area contributed by atoms with Gasteiger partial charge in [-0.25, -0.2) is 0 Å². The Balaban J connectivity index is 2.06. The molecule has 0 bridgehead atoms. The number of alkyl halides is 3. The first-order chi connectivity index (χ1) is 11.2. The van der Waals surface area contributed by atoms with Crippen molar-refractivity contribution in [2.75, 3.05) is 25.1 Å². The van der Waals surface area contributed by atoms with E-state index in [0.717, 1.165) is 11.0 Å². The molecule has 10 heteroatoms. The first-order valence-electron chi connectivity index (χ1n) is 6.66. The molecule has 6 nitrogen and oxygen atoms in total. The number of hydrogen-bond acceptors (Lipinski definition) is 5. The van der Waals surface area contributed by atoms with Crippen LogP contribution in [0.1, 0.15) is 0 Å². The highest BCUT2D eigenvalue weighted by Gasteiger charge is 2.31. The Hall–Kier alpha value is -2.26. The number of rotatable bonds is 6. The number of carbonyl (C=O) groups is 2. The standard InChI is InChI=1S/C14H12ClF3N2O4/c15-9-5-8(1-2-11(9)24-7-14(16,17)18)19-10-6-12(22)20(3-4-21)13(10)23/h1-2,5-6,19,21H,3-4,7H2. The summed E-state index contributed by atoms with van der Waals surface area (Å²) in [6.07, 6.45) is -3.43. The molecule has 1 aromatic rings. The average molecular weight is 365 g/mol. The van der Waals surface area contributed by atoms with Crippen LogP contribution < -0.4 is 10.1 Å². The highest BCUT2D eigenvalue weighted by atomic mass is 35.5. The van der Waals surface area contributed by atoms with Crippen LogP contribution in [0.4, 0.5) is 18.9 Å². The number of hydrogen-bond donors (Lipinski definition) is 2. The zero-order valence-electron chi connectivity index (χ0n) is 12.1. The van der Waals surface area contributed by atoms with Crippen molar-refractivity contribution in [3.05, 3.63) is 35.0 Å². The first kappa shape index (κ1) is 18.1.